The molecule has 0 rings (SSSR count). The summed E-state index contributed by atoms with van der Waals surface area (Å²) in [5.74, 6) is 6.70. The van der Waals surface area contributed by atoms with Gasteiger partial charge in [0.2, 0.25) is 0 Å². The Morgan fingerprint density at radius 3 is 2.47 bits per heavy atom. The Balaban J connectivity index is 3.84. The maximum absolute atomic E-state index is 5.96. The third-order valence-electron chi connectivity index (χ3n) is 3.25. The highest BCUT2D eigenvalue weighted by molar-refractivity contribution is 5.28. The second-order valence-electron chi connectivity index (χ2n) is 5.72. The lowest BCUT2D eigenvalue weighted by atomic mass is 10.1. The largest absolute Gasteiger partial charge is 0.316 e. The smallest absolute Gasteiger partial charge is 0.0569 e. The average Bonchev–Trinajstić information content (AvgIpc) is 2.36. The van der Waals surface area contributed by atoms with E-state index in [1.807, 2.05) is 6.20 Å². The van der Waals surface area contributed by atoms with Crippen LogP contribution in [-0.2, 0) is 0 Å². The molecule has 2 N–H and O–H groups in total. The lowest BCUT2D eigenvalue weighted by Gasteiger charge is -2.15. The molecule has 19 heavy (non-hydrogen) atoms. The van der Waals surface area contributed by atoms with Crippen LogP contribution in [0.15, 0.2) is 16.9 Å². The Kier molecular flexibility index (Phi) is 11.7. The first-order valence-electron chi connectivity index (χ1n) is 7.78. The molecule has 0 amide bonds. The molecule has 0 unspecified atom stereocenters. The zero-order valence-electron chi connectivity index (χ0n) is 13.2. The second-order valence-corrected chi connectivity index (χ2v) is 5.72. The van der Waals surface area contributed by atoms with E-state index >= 15 is 0 Å². The summed E-state index contributed by atoms with van der Waals surface area (Å²) in [7, 11) is 0. The van der Waals surface area contributed by atoms with Crippen molar-refractivity contribution in [1.29, 1.82) is 0 Å². The van der Waals surface area contributed by atoms with E-state index in [0.29, 0.717) is 0 Å². The van der Waals surface area contributed by atoms with Gasteiger partial charge in [0.05, 0.1) is 5.70 Å². The Morgan fingerprint density at radius 1 is 1.21 bits per heavy atom. The normalized spacial score (nSPS) is 11.9. The number of hydrazine groups is 1. The van der Waals surface area contributed by atoms with E-state index in [4.69, 9.17) is 5.84 Å². The van der Waals surface area contributed by atoms with Gasteiger partial charge in [0, 0.05) is 12.7 Å². The van der Waals surface area contributed by atoms with Crippen molar-refractivity contribution in [3.8, 4) is 0 Å². The highest BCUT2D eigenvalue weighted by Gasteiger charge is 2.00. The number of aliphatic imine (C=N–C) groups is 1. The first kappa shape index (κ1) is 18.2. The predicted octanol–water partition coefficient (Wildman–Crippen LogP) is 4.50. The predicted molar refractivity (Wildman–Crippen MR) is 86.0 cm³/mol. The summed E-state index contributed by atoms with van der Waals surface area (Å²) in [6.07, 6.45) is 11.7. The van der Waals surface area contributed by atoms with Crippen LogP contribution < -0.4 is 5.84 Å². The van der Waals surface area contributed by atoms with E-state index in [-0.39, 0.29) is 0 Å². The number of nitrogens with two attached hydrogens (primary N) is 1. The molecule has 0 saturated heterocycles. The van der Waals surface area contributed by atoms with Gasteiger partial charge in [-0.15, -0.1) is 0 Å². The second kappa shape index (κ2) is 12.2. The van der Waals surface area contributed by atoms with Gasteiger partial charge in [-0.1, -0.05) is 46.5 Å². The number of unbranched alkanes of at least 4 members (excludes halogenated alkanes) is 4. The van der Waals surface area contributed by atoms with Crippen molar-refractivity contribution in [3.05, 3.63) is 11.9 Å². The monoisotopic (exact) mass is 267 g/mol. The van der Waals surface area contributed by atoms with E-state index in [1.165, 1.54) is 38.5 Å². The van der Waals surface area contributed by atoms with Crippen molar-refractivity contribution in [2.75, 3.05) is 6.54 Å². The number of hydrogen-bond acceptors (Lipinski definition) is 3. The molecule has 3 heteroatoms. The molecule has 0 aromatic heterocycles. The molecule has 0 aliphatic heterocycles. The first-order valence-corrected chi connectivity index (χ1v) is 7.78. The average molecular weight is 267 g/mol. The Labute approximate surface area is 119 Å². The minimum atomic E-state index is 0.743. The summed E-state index contributed by atoms with van der Waals surface area (Å²) in [4.78, 5) is 4.08. The lowest BCUT2D eigenvalue weighted by molar-refractivity contribution is 0.363. The Hall–Kier alpha value is -0.830. The van der Waals surface area contributed by atoms with Crippen molar-refractivity contribution in [2.24, 2.45) is 16.8 Å². The standard InChI is InChI=1S/C16H33N3/c1-5-6-7-8-9-12-16(18-4)14-19(17)13-10-11-15(2)3/h14-15H,4-13,17H2,1-3H3/b16-14-. The van der Waals surface area contributed by atoms with Crippen LogP contribution >= 0.6 is 0 Å². The summed E-state index contributed by atoms with van der Waals surface area (Å²) < 4.78 is 0. The van der Waals surface area contributed by atoms with Gasteiger partial charge in [-0.3, -0.25) is 4.99 Å². The third kappa shape index (κ3) is 12.0. The van der Waals surface area contributed by atoms with Crippen LogP contribution in [0.2, 0.25) is 0 Å². The minimum Gasteiger partial charge on any atom is -0.316 e. The molecule has 0 bridgehead atoms. The Morgan fingerprint density at radius 2 is 1.89 bits per heavy atom. The molecule has 0 aliphatic rings. The fourth-order valence-electron chi connectivity index (χ4n) is 2.03. The van der Waals surface area contributed by atoms with Gasteiger partial charge in [-0.25, -0.2) is 5.84 Å². The maximum Gasteiger partial charge on any atom is 0.0569 e. The molecule has 0 radical (unpaired) electrons. The van der Waals surface area contributed by atoms with Crippen molar-refractivity contribution in [3.63, 3.8) is 0 Å². The minimum absolute atomic E-state index is 0.743. The van der Waals surface area contributed by atoms with Crippen LogP contribution in [0.25, 0.3) is 0 Å². The highest BCUT2D eigenvalue weighted by atomic mass is 15.4. The first-order chi connectivity index (χ1) is 9.10. The van der Waals surface area contributed by atoms with Gasteiger partial charge in [0.15, 0.2) is 0 Å². The number of hydrogen-bond donors (Lipinski definition) is 1. The van der Waals surface area contributed by atoms with Gasteiger partial charge < -0.3 is 5.01 Å². The SMILES string of the molecule is C=N/C(=C\N(N)CCCC(C)C)CCCCCCC. The lowest BCUT2D eigenvalue weighted by Crippen LogP contribution is -2.26. The van der Waals surface area contributed by atoms with Crippen LogP contribution in [0.1, 0.15) is 72.1 Å². The molecule has 0 aromatic rings. The van der Waals surface area contributed by atoms with Crippen LogP contribution in [0, 0.1) is 5.92 Å². The van der Waals surface area contributed by atoms with Crippen molar-refractivity contribution in [2.45, 2.75) is 72.1 Å². The molecule has 0 aromatic carbocycles. The maximum atomic E-state index is 5.96. The van der Waals surface area contributed by atoms with Gasteiger partial charge >= 0.3 is 0 Å². The van der Waals surface area contributed by atoms with E-state index in [1.54, 1.807) is 5.01 Å². The molecule has 0 aliphatic carbocycles. The molecule has 0 spiro atoms. The topological polar surface area (TPSA) is 41.6 Å². The molecular formula is C16H33N3. The van der Waals surface area contributed by atoms with Crippen molar-refractivity contribution < 1.29 is 0 Å². The van der Waals surface area contributed by atoms with E-state index in [9.17, 15) is 0 Å². The van der Waals surface area contributed by atoms with Crippen molar-refractivity contribution in [1.82, 2.24) is 5.01 Å². The van der Waals surface area contributed by atoms with Gasteiger partial charge in [-0.2, -0.15) is 0 Å². The van der Waals surface area contributed by atoms with Crippen molar-refractivity contribution >= 4 is 6.72 Å². The molecular weight excluding hydrogens is 234 g/mol. The van der Waals surface area contributed by atoms with E-state index < -0.39 is 0 Å². The molecule has 0 atom stereocenters. The molecule has 0 heterocycles. The van der Waals surface area contributed by atoms with Crippen LogP contribution in [0.3, 0.4) is 0 Å². The zero-order chi connectivity index (χ0) is 14.5. The summed E-state index contributed by atoms with van der Waals surface area (Å²) in [6, 6.07) is 0. The summed E-state index contributed by atoms with van der Waals surface area (Å²) in [5, 5.41) is 1.76. The fourth-order valence-corrected chi connectivity index (χ4v) is 2.03. The molecule has 0 saturated carbocycles. The highest BCUT2D eigenvalue weighted by Crippen LogP contribution is 2.12. The molecule has 0 fully saturated rings. The summed E-state index contributed by atoms with van der Waals surface area (Å²) in [6.45, 7) is 11.2. The number of allylic oxidation sites excluding steroid dienone is 1. The zero-order valence-corrected chi connectivity index (χ0v) is 13.2. The van der Waals surface area contributed by atoms with Crippen LogP contribution in [0.4, 0.5) is 0 Å². The van der Waals surface area contributed by atoms with E-state index in [2.05, 4.69) is 32.5 Å². The molecule has 3 nitrogen and oxygen atoms in total. The summed E-state index contributed by atoms with van der Waals surface area (Å²) in [5.41, 5.74) is 1.02. The number of rotatable bonds is 12. The van der Waals surface area contributed by atoms with Gasteiger partial charge in [-0.05, 0) is 38.3 Å². The number of nitrogens with zero attached hydrogens (tertiary/aromatic N) is 2. The Bertz CT molecular complexity index is 246. The quantitative estimate of drug-likeness (QED) is 0.245. The van der Waals surface area contributed by atoms with Gasteiger partial charge in [0.25, 0.3) is 0 Å². The fraction of sp³-hybridized carbons (Fsp3) is 0.812. The van der Waals surface area contributed by atoms with E-state index in [0.717, 1.165) is 31.0 Å². The van der Waals surface area contributed by atoms with Crippen LogP contribution in [0.5, 0.6) is 0 Å². The third-order valence-corrected chi connectivity index (χ3v) is 3.25. The van der Waals surface area contributed by atoms with Gasteiger partial charge in [0.1, 0.15) is 0 Å². The van der Waals surface area contributed by atoms with Crippen LogP contribution in [-0.4, -0.2) is 18.3 Å². The summed E-state index contributed by atoms with van der Waals surface area (Å²) >= 11 is 0. The molecule has 112 valence electrons.